The van der Waals surface area contributed by atoms with Gasteiger partial charge in [0.1, 0.15) is 0 Å². The van der Waals surface area contributed by atoms with Crippen molar-refractivity contribution in [2.75, 3.05) is 0 Å². The fraction of sp³-hybridized carbons (Fsp3) is 0.571. The van der Waals surface area contributed by atoms with Gasteiger partial charge in [-0.3, -0.25) is 0 Å². The van der Waals surface area contributed by atoms with Crippen molar-refractivity contribution in [3.05, 3.63) is 12.2 Å². The smallest absolute Gasteiger partial charge is 0.0692 e. The summed E-state index contributed by atoms with van der Waals surface area (Å²) in [7, 11) is 0. The minimum absolute atomic E-state index is 0.385. The van der Waals surface area contributed by atoms with E-state index in [1.807, 2.05) is 12.1 Å². The van der Waals surface area contributed by atoms with E-state index in [1.165, 1.54) is 0 Å². The molecule has 0 saturated carbocycles. The monoisotopic (exact) mass is 125 g/mol. The first-order valence-corrected chi connectivity index (χ1v) is 2.99. The quantitative estimate of drug-likeness (QED) is 0.455. The van der Waals surface area contributed by atoms with Crippen LogP contribution in [-0.2, 0) is 0 Å². The summed E-state index contributed by atoms with van der Waals surface area (Å²) in [6, 6.07) is 2.01. The van der Waals surface area contributed by atoms with E-state index in [0.717, 1.165) is 6.42 Å². The van der Waals surface area contributed by atoms with Gasteiger partial charge >= 0.3 is 0 Å². The maximum atomic E-state index is 8.68. The van der Waals surface area contributed by atoms with Crippen LogP contribution in [0.25, 0.3) is 0 Å². The van der Waals surface area contributed by atoms with Gasteiger partial charge in [0.25, 0.3) is 0 Å². The summed E-state index contributed by atoms with van der Waals surface area (Å²) in [6.45, 7) is 1.68. The van der Waals surface area contributed by atoms with Gasteiger partial charge in [0.2, 0.25) is 0 Å². The first kappa shape index (κ1) is 8.19. The van der Waals surface area contributed by atoms with Crippen molar-refractivity contribution < 1.29 is 5.11 Å². The molecule has 0 aromatic carbocycles. The molecule has 50 valence electrons. The number of hydrogen-bond acceptors (Lipinski definition) is 2. The van der Waals surface area contributed by atoms with Gasteiger partial charge in [-0.15, -0.1) is 0 Å². The van der Waals surface area contributed by atoms with E-state index in [1.54, 1.807) is 13.0 Å². The molecule has 0 spiro atoms. The van der Waals surface area contributed by atoms with Gasteiger partial charge in [-0.05, 0) is 13.3 Å². The van der Waals surface area contributed by atoms with Crippen LogP contribution in [0.1, 0.15) is 19.8 Å². The second-order valence-electron chi connectivity index (χ2n) is 1.87. The summed E-state index contributed by atoms with van der Waals surface area (Å²) in [4.78, 5) is 0. The summed E-state index contributed by atoms with van der Waals surface area (Å²) >= 11 is 0. The largest absolute Gasteiger partial charge is 0.389 e. The van der Waals surface area contributed by atoms with Crippen LogP contribution in [0.5, 0.6) is 0 Å². The number of allylic oxidation sites excluding steroid dienone is 1. The molecule has 0 unspecified atom stereocenters. The van der Waals surface area contributed by atoms with Gasteiger partial charge in [0.05, 0.1) is 12.2 Å². The predicted molar refractivity (Wildman–Crippen MR) is 35.7 cm³/mol. The Hall–Kier alpha value is -0.810. The average Bonchev–Trinajstić information content (AvgIpc) is 1.80. The zero-order chi connectivity index (χ0) is 7.11. The summed E-state index contributed by atoms with van der Waals surface area (Å²) in [5, 5.41) is 16.8. The summed E-state index contributed by atoms with van der Waals surface area (Å²) in [5.74, 6) is 0. The van der Waals surface area contributed by atoms with Crippen LogP contribution >= 0.6 is 0 Å². The van der Waals surface area contributed by atoms with Crippen LogP contribution in [0.15, 0.2) is 12.2 Å². The maximum Gasteiger partial charge on any atom is 0.0692 e. The van der Waals surface area contributed by atoms with Gasteiger partial charge in [-0.25, -0.2) is 0 Å². The number of hydrogen-bond donors (Lipinski definition) is 1. The van der Waals surface area contributed by atoms with Gasteiger partial charge < -0.3 is 5.11 Å². The zero-order valence-corrected chi connectivity index (χ0v) is 5.54. The summed E-state index contributed by atoms with van der Waals surface area (Å²) in [6.07, 6.45) is 4.37. The summed E-state index contributed by atoms with van der Waals surface area (Å²) < 4.78 is 0. The molecule has 9 heavy (non-hydrogen) atoms. The number of aliphatic hydroxyl groups is 1. The Bertz CT molecular complexity index is 121. The molecule has 0 radical (unpaired) electrons. The number of rotatable bonds is 3. The van der Waals surface area contributed by atoms with Crippen LogP contribution in [0, 0.1) is 11.3 Å². The van der Waals surface area contributed by atoms with E-state index in [2.05, 4.69) is 0 Å². The van der Waals surface area contributed by atoms with Crippen molar-refractivity contribution >= 4 is 0 Å². The van der Waals surface area contributed by atoms with E-state index >= 15 is 0 Å². The normalized spacial score (nSPS) is 13.4. The van der Waals surface area contributed by atoms with Crippen LogP contribution in [-0.4, -0.2) is 11.2 Å². The molecule has 2 nitrogen and oxygen atoms in total. The number of nitrogens with zero attached hydrogens (tertiary/aromatic N) is 1. The second-order valence-corrected chi connectivity index (χ2v) is 1.87. The maximum absolute atomic E-state index is 8.68. The Balaban J connectivity index is 3.17. The van der Waals surface area contributed by atoms with Crippen molar-refractivity contribution in [2.45, 2.75) is 25.9 Å². The Morgan fingerprint density at radius 2 is 2.44 bits per heavy atom. The lowest BCUT2D eigenvalue weighted by Gasteiger charge is -1.90. The number of aliphatic hydroxyl groups excluding tert-OH is 1. The fourth-order valence-electron chi connectivity index (χ4n) is 0.441. The number of unbranched alkanes of at least 4 members (excludes halogenated alkanes) is 1. The average molecular weight is 125 g/mol. The van der Waals surface area contributed by atoms with Crippen LogP contribution in [0.3, 0.4) is 0 Å². The first-order chi connectivity index (χ1) is 4.27. The highest BCUT2D eigenvalue weighted by atomic mass is 16.3. The Morgan fingerprint density at radius 1 is 1.78 bits per heavy atom. The van der Waals surface area contributed by atoms with Crippen LogP contribution in [0.2, 0.25) is 0 Å². The summed E-state index contributed by atoms with van der Waals surface area (Å²) in [5.41, 5.74) is 0. The topological polar surface area (TPSA) is 44.0 Å². The molecular weight excluding hydrogens is 114 g/mol. The second kappa shape index (κ2) is 5.33. The SMILES string of the molecule is C[C@H](O)/C=C/CCC#N. The molecule has 1 N–H and O–H groups in total. The van der Waals surface area contributed by atoms with Gasteiger partial charge in [0, 0.05) is 6.42 Å². The van der Waals surface area contributed by atoms with Gasteiger partial charge in [-0.1, -0.05) is 12.2 Å². The molecule has 0 aliphatic heterocycles. The Morgan fingerprint density at radius 3 is 2.89 bits per heavy atom. The van der Waals surface area contributed by atoms with Crippen molar-refractivity contribution in [1.82, 2.24) is 0 Å². The van der Waals surface area contributed by atoms with Crippen molar-refractivity contribution in [3.63, 3.8) is 0 Å². The standard InChI is InChI=1S/C7H11NO/c1-7(9)5-3-2-4-6-8/h3,5,7,9H,2,4H2,1H3/b5-3+/t7-/m0/s1. The highest BCUT2D eigenvalue weighted by molar-refractivity contribution is 4.88. The molecule has 2 heteroatoms. The van der Waals surface area contributed by atoms with Crippen molar-refractivity contribution in [2.24, 2.45) is 0 Å². The highest BCUT2D eigenvalue weighted by Gasteiger charge is 1.83. The lowest BCUT2D eigenvalue weighted by atomic mass is 10.3. The third-order valence-corrected chi connectivity index (χ3v) is 0.837. The van der Waals surface area contributed by atoms with E-state index < -0.39 is 0 Å². The molecule has 0 rings (SSSR count). The van der Waals surface area contributed by atoms with Crippen LogP contribution < -0.4 is 0 Å². The van der Waals surface area contributed by atoms with Crippen molar-refractivity contribution in [3.8, 4) is 6.07 Å². The molecule has 0 aliphatic carbocycles. The molecule has 0 amide bonds. The third kappa shape index (κ3) is 7.19. The minimum atomic E-state index is -0.385. The van der Waals surface area contributed by atoms with E-state index in [9.17, 15) is 0 Å². The predicted octanol–water partition coefficient (Wildman–Crippen LogP) is 1.23. The van der Waals surface area contributed by atoms with Gasteiger partial charge in [-0.2, -0.15) is 5.26 Å². The van der Waals surface area contributed by atoms with Crippen LogP contribution in [0.4, 0.5) is 0 Å². The Labute approximate surface area is 55.4 Å². The van der Waals surface area contributed by atoms with E-state index in [0.29, 0.717) is 6.42 Å². The van der Waals surface area contributed by atoms with E-state index in [-0.39, 0.29) is 6.10 Å². The number of nitriles is 1. The zero-order valence-electron chi connectivity index (χ0n) is 5.54. The molecule has 0 heterocycles. The minimum Gasteiger partial charge on any atom is -0.389 e. The molecule has 0 aromatic rings. The molecule has 0 saturated heterocycles. The van der Waals surface area contributed by atoms with Crippen molar-refractivity contribution in [1.29, 1.82) is 5.26 Å². The molecule has 0 fully saturated rings. The van der Waals surface area contributed by atoms with E-state index in [4.69, 9.17) is 10.4 Å². The lowest BCUT2D eigenvalue weighted by Crippen LogP contribution is -1.90. The Kier molecular flexibility index (Phi) is 4.85. The first-order valence-electron chi connectivity index (χ1n) is 2.99. The third-order valence-electron chi connectivity index (χ3n) is 0.837. The highest BCUT2D eigenvalue weighted by Crippen LogP contribution is 1.90. The molecule has 0 aromatic heterocycles. The fourth-order valence-corrected chi connectivity index (χ4v) is 0.441. The molecular formula is C7H11NO. The molecule has 1 atom stereocenters. The molecule has 0 aliphatic rings. The lowest BCUT2D eigenvalue weighted by molar-refractivity contribution is 0.244. The molecule has 0 bridgehead atoms. The van der Waals surface area contributed by atoms with Gasteiger partial charge in [0.15, 0.2) is 0 Å².